The molecule has 2 heterocycles. The Bertz CT molecular complexity index is 1060. The number of aromatic nitrogens is 5. The Morgan fingerprint density at radius 2 is 2.03 bits per heavy atom. The van der Waals surface area contributed by atoms with Crippen molar-refractivity contribution in [1.29, 1.82) is 0 Å². The van der Waals surface area contributed by atoms with Gasteiger partial charge in [-0.05, 0) is 71.8 Å². The van der Waals surface area contributed by atoms with Gasteiger partial charge < -0.3 is 14.8 Å². The molecule has 2 aromatic heterocycles. The highest BCUT2D eigenvalue weighted by Gasteiger charge is 2.25. The number of pyridine rings is 1. The molecular formula is C22H32N6O3. The Balaban J connectivity index is 1.95. The molecule has 3 rings (SSSR count). The number of tetrazole rings is 1. The zero-order chi connectivity index (χ0) is 22.4. The fraction of sp³-hybridized carbons (Fsp3) is 0.545. The van der Waals surface area contributed by atoms with Crippen LogP contribution in [0.25, 0.3) is 10.9 Å². The molecule has 9 nitrogen and oxygen atoms in total. The van der Waals surface area contributed by atoms with Gasteiger partial charge in [-0.25, -0.2) is 4.68 Å². The zero-order valence-electron chi connectivity index (χ0n) is 18.8. The van der Waals surface area contributed by atoms with Crippen LogP contribution in [0.5, 0.6) is 0 Å². The van der Waals surface area contributed by atoms with Gasteiger partial charge in [-0.3, -0.25) is 9.69 Å². The maximum absolute atomic E-state index is 12.9. The number of benzene rings is 1. The van der Waals surface area contributed by atoms with Crippen molar-refractivity contribution in [2.45, 2.75) is 52.7 Å². The standard InChI is InChI=1S/C22H32N6O3/c1-5-20(21-24-25-26-28(21)8-10-31-4)27(7-6-9-29)14-18-13-17-11-15(2)16(3)12-19(17)23-22(18)30/h11-13,20,29H,5-10,14H2,1-4H3,(H,23,30)/t20-/m0/s1. The molecule has 9 heteroatoms. The molecule has 0 aliphatic rings. The summed E-state index contributed by atoms with van der Waals surface area (Å²) in [5.74, 6) is 0.737. The van der Waals surface area contributed by atoms with Crippen molar-refractivity contribution in [3.8, 4) is 0 Å². The molecule has 0 aliphatic heterocycles. The second-order valence-corrected chi connectivity index (χ2v) is 7.87. The molecule has 3 aromatic rings. The van der Waals surface area contributed by atoms with E-state index in [-0.39, 0.29) is 18.2 Å². The van der Waals surface area contributed by atoms with Gasteiger partial charge in [0.25, 0.3) is 5.56 Å². The van der Waals surface area contributed by atoms with Crippen LogP contribution in [0.1, 0.15) is 48.3 Å². The first kappa shape index (κ1) is 23.1. The summed E-state index contributed by atoms with van der Waals surface area (Å²) in [6, 6.07) is 5.99. The van der Waals surface area contributed by atoms with Crippen LogP contribution in [-0.4, -0.2) is 62.1 Å². The monoisotopic (exact) mass is 428 g/mol. The average molecular weight is 429 g/mol. The SMILES string of the molecule is CC[C@@H](c1nnnn1CCOC)N(CCCO)Cc1cc2cc(C)c(C)cc2[nH]c1=O. The van der Waals surface area contributed by atoms with Crippen LogP contribution < -0.4 is 5.56 Å². The van der Waals surface area contributed by atoms with Gasteiger partial charge in [0, 0.05) is 37.9 Å². The highest BCUT2D eigenvalue weighted by molar-refractivity contribution is 5.80. The van der Waals surface area contributed by atoms with E-state index in [4.69, 9.17) is 4.74 Å². The molecule has 0 bridgehead atoms. The maximum Gasteiger partial charge on any atom is 0.252 e. The van der Waals surface area contributed by atoms with Crippen LogP contribution >= 0.6 is 0 Å². The molecule has 2 N–H and O–H groups in total. The molecule has 0 unspecified atom stereocenters. The predicted molar refractivity (Wildman–Crippen MR) is 119 cm³/mol. The van der Waals surface area contributed by atoms with E-state index in [1.807, 2.05) is 19.1 Å². The first-order valence-electron chi connectivity index (χ1n) is 10.7. The second kappa shape index (κ2) is 10.6. The van der Waals surface area contributed by atoms with E-state index in [9.17, 15) is 9.90 Å². The number of rotatable bonds is 11. The number of ether oxygens (including phenoxy) is 1. The number of aliphatic hydroxyl groups is 1. The molecule has 0 spiro atoms. The van der Waals surface area contributed by atoms with E-state index in [1.54, 1.807) is 11.8 Å². The van der Waals surface area contributed by atoms with Gasteiger partial charge in [-0.1, -0.05) is 6.92 Å². The van der Waals surface area contributed by atoms with Crippen molar-refractivity contribution in [2.75, 3.05) is 26.9 Å². The number of hydrogen-bond donors (Lipinski definition) is 2. The number of fused-ring (bicyclic) bond motifs is 1. The number of hydrogen-bond acceptors (Lipinski definition) is 7. The quantitative estimate of drug-likeness (QED) is 0.481. The smallest absolute Gasteiger partial charge is 0.252 e. The van der Waals surface area contributed by atoms with Crippen molar-refractivity contribution >= 4 is 10.9 Å². The van der Waals surface area contributed by atoms with Crippen molar-refractivity contribution in [3.63, 3.8) is 0 Å². The number of H-pyrrole nitrogens is 1. The lowest BCUT2D eigenvalue weighted by molar-refractivity contribution is 0.145. The minimum absolute atomic E-state index is 0.0775. The maximum atomic E-state index is 12.9. The van der Waals surface area contributed by atoms with Crippen LogP contribution in [0, 0.1) is 13.8 Å². The van der Waals surface area contributed by atoms with E-state index < -0.39 is 0 Å². The lowest BCUT2D eigenvalue weighted by Crippen LogP contribution is -2.34. The van der Waals surface area contributed by atoms with Crippen LogP contribution in [0.4, 0.5) is 0 Å². The van der Waals surface area contributed by atoms with E-state index in [1.165, 1.54) is 5.56 Å². The van der Waals surface area contributed by atoms with Gasteiger partial charge in [0.2, 0.25) is 0 Å². The molecule has 0 fully saturated rings. The van der Waals surface area contributed by atoms with Gasteiger partial charge in [0.05, 0.1) is 19.2 Å². The Kier molecular flexibility index (Phi) is 7.89. The highest BCUT2D eigenvalue weighted by atomic mass is 16.5. The van der Waals surface area contributed by atoms with Gasteiger partial charge >= 0.3 is 0 Å². The Morgan fingerprint density at radius 3 is 2.74 bits per heavy atom. The van der Waals surface area contributed by atoms with Crippen LogP contribution in [-0.2, 0) is 17.8 Å². The summed E-state index contributed by atoms with van der Waals surface area (Å²) >= 11 is 0. The second-order valence-electron chi connectivity index (χ2n) is 7.87. The van der Waals surface area contributed by atoms with Crippen molar-refractivity contribution in [3.05, 3.63) is 51.1 Å². The van der Waals surface area contributed by atoms with E-state index in [0.29, 0.717) is 38.2 Å². The molecule has 1 aromatic carbocycles. The zero-order valence-corrected chi connectivity index (χ0v) is 18.8. The molecule has 0 radical (unpaired) electrons. The van der Waals surface area contributed by atoms with Crippen LogP contribution in [0.15, 0.2) is 23.0 Å². The van der Waals surface area contributed by atoms with Gasteiger partial charge in [0.1, 0.15) is 0 Å². The van der Waals surface area contributed by atoms with Crippen molar-refractivity contribution in [2.24, 2.45) is 0 Å². The predicted octanol–water partition coefficient (Wildman–Crippen LogP) is 2.11. The third kappa shape index (κ3) is 5.36. The van der Waals surface area contributed by atoms with Crippen molar-refractivity contribution < 1.29 is 9.84 Å². The first-order chi connectivity index (χ1) is 15.0. The molecule has 168 valence electrons. The Labute approximate surface area is 182 Å². The lowest BCUT2D eigenvalue weighted by Gasteiger charge is -2.30. The normalized spacial score (nSPS) is 12.7. The first-order valence-corrected chi connectivity index (χ1v) is 10.7. The summed E-state index contributed by atoms with van der Waals surface area (Å²) in [4.78, 5) is 18.0. The molecule has 1 atom stereocenters. The molecule has 31 heavy (non-hydrogen) atoms. The highest BCUT2D eigenvalue weighted by Crippen LogP contribution is 2.25. The average Bonchev–Trinajstić information content (AvgIpc) is 3.21. The topological polar surface area (TPSA) is 109 Å². The largest absolute Gasteiger partial charge is 0.396 e. The number of nitrogens with one attached hydrogen (secondary N) is 1. The summed E-state index contributed by atoms with van der Waals surface area (Å²) in [6.45, 7) is 8.38. The molecular weight excluding hydrogens is 396 g/mol. The summed E-state index contributed by atoms with van der Waals surface area (Å²) in [5.41, 5.74) is 3.76. The molecule has 0 saturated carbocycles. The molecule has 0 saturated heterocycles. The number of nitrogens with zero attached hydrogens (tertiary/aromatic N) is 5. The third-order valence-electron chi connectivity index (χ3n) is 5.70. The van der Waals surface area contributed by atoms with E-state index in [2.05, 4.69) is 45.3 Å². The van der Waals surface area contributed by atoms with E-state index >= 15 is 0 Å². The third-order valence-corrected chi connectivity index (χ3v) is 5.70. The fourth-order valence-electron chi connectivity index (χ4n) is 3.87. The molecule has 0 amide bonds. The molecule has 0 aliphatic carbocycles. The number of aryl methyl sites for hydroxylation is 2. The number of methoxy groups -OCH3 is 1. The van der Waals surface area contributed by atoms with Crippen molar-refractivity contribution in [1.82, 2.24) is 30.1 Å². The van der Waals surface area contributed by atoms with Gasteiger partial charge in [-0.15, -0.1) is 5.10 Å². The Hall–Kier alpha value is -2.62. The van der Waals surface area contributed by atoms with Gasteiger partial charge in [-0.2, -0.15) is 0 Å². The minimum Gasteiger partial charge on any atom is -0.396 e. The minimum atomic E-state index is -0.0985. The summed E-state index contributed by atoms with van der Waals surface area (Å²) in [5, 5.41) is 22.7. The number of aromatic amines is 1. The lowest BCUT2D eigenvalue weighted by atomic mass is 10.0. The number of aliphatic hydroxyl groups excluding tert-OH is 1. The summed E-state index contributed by atoms with van der Waals surface area (Å²) < 4.78 is 6.92. The van der Waals surface area contributed by atoms with Gasteiger partial charge in [0.15, 0.2) is 5.82 Å². The van der Waals surface area contributed by atoms with Crippen LogP contribution in [0.3, 0.4) is 0 Å². The summed E-state index contributed by atoms with van der Waals surface area (Å²) in [6.07, 6.45) is 1.36. The summed E-state index contributed by atoms with van der Waals surface area (Å²) in [7, 11) is 1.64. The Morgan fingerprint density at radius 1 is 1.26 bits per heavy atom. The van der Waals surface area contributed by atoms with Crippen LogP contribution in [0.2, 0.25) is 0 Å². The van der Waals surface area contributed by atoms with E-state index in [0.717, 1.165) is 28.7 Å². The fourth-order valence-corrected chi connectivity index (χ4v) is 3.87.